The van der Waals surface area contributed by atoms with Gasteiger partial charge >= 0.3 is 5.97 Å². The van der Waals surface area contributed by atoms with Gasteiger partial charge in [-0.3, -0.25) is 9.59 Å². The number of aliphatic carboxylic acids is 1. The number of aromatic nitrogens is 1. The molecule has 1 aromatic heterocycles. The fourth-order valence-corrected chi connectivity index (χ4v) is 3.01. The molecule has 1 aliphatic heterocycles. The second-order valence-corrected chi connectivity index (χ2v) is 6.05. The molecule has 0 radical (unpaired) electrons. The number of piperidine rings is 1. The molecule has 1 aliphatic carbocycles. The molecule has 0 aromatic carbocycles. The van der Waals surface area contributed by atoms with Gasteiger partial charge in [-0.1, -0.05) is 11.6 Å². The third kappa shape index (κ3) is 2.54. The Bertz CT molecular complexity index is 551. The number of halogens is 1. The summed E-state index contributed by atoms with van der Waals surface area (Å²) in [6.07, 6.45) is 5.32. The van der Waals surface area contributed by atoms with E-state index in [0.717, 1.165) is 19.3 Å². The zero-order valence-corrected chi connectivity index (χ0v) is 11.8. The van der Waals surface area contributed by atoms with Crippen molar-refractivity contribution in [3.63, 3.8) is 0 Å². The van der Waals surface area contributed by atoms with Gasteiger partial charge in [0.1, 0.15) is 5.69 Å². The molecule has 1 saturated heterocycles. The molecule has 2 fully saturated rings. The number of carbonyl (C=O) groups excluding carboxylic acids is 1. The van der Waals surface area contributed by atoms with Gasteiger partial charge in [-0.05, 0) is 31.7 Å². The average molecular weight is 297 g/mol. The lowest BCUT2D eigenvalue weighted by Gasteiger charge is -2.31. The summed E-state index contributed by atoms with van der Waals surface area (Å²) < 4.78 is 1.94. The summed E-state index contributed by atoms with van der Waals surface area (Å²) >= 11 is 6.01. The highest BCUT2D eigenvalue weighted by Crippen LogP contribution is 2.37. The Labute approximate surface area is 122 Å². The molecule has 1 saturated carbocycles. The van der Waals surface area contributed by atoms with Crippen molar-refractivity contribution in [2.75, 3.05) is 13.1 Å². The Morgan fingerprint density at radius 2 is 2.05 bits per heavy atom. The number of amides is 1. The molecule has 0 bridgehead atoms. The highest BCUT2D eigenvalue weighted by Gasteiger charge is 2.33. The van der Waals surface area contributed by atoms with Crippen molar-refractivity contribution in [2.24, 2.45) is 5.92 Å². The van der Waals surface area contributed by atoms with Gasteiger partial charge in [0.15, 0.2) is 0 Å². The summed E-state index contributed by atoms with van der Waals surface area (Å²) in [7, 11) is 0. The fraction of sp³-hybridized carbons (Fsp3) is 0.571. The Morgan fingerprint density at radius 1 is 1.30 bits per heavy atom. The van der Waals surface area contributed by atoms with Crippen LogP contribution in [0.5, 0.6) is 0 Å². The van der Waals surface area contributed by atoms with Crippen LogP contribution in [0.3, 0.4) is 0 Å². The normalized spacial score (nSPS) is 22.9. The van der Waals surface area contributed by atoms with E-state index in [-0.39, 0.29) is 5.91 Å². The first-order chi connectivity index (χ1) is 9.56. The van der Waals surface area contributed by atoms with Crippen molar-refractivity contribution in [3.05, 3.63) is 23.0 Å². The first kappa shape index (κ1) is 13.5. The number of nitrogens with zero attached hydrogens (tertiary/aromatic N) is 2. The van der Waals surface area contributed by atoms with Crippen LogP contribution in [0.4, 0.5) is 0 Å². The predicted octanol–water partition coefficient (Wildman–Crippen LogP) is 2.41. The molecule has 0 spiro atoms. The second-order valence-electron chi connectivity index (χ2n) is 5.61. The third-order valence-corrected chi connectivity index (χ3v) is 4.24. The molecule has 2 heterocycles. The number of rotatable bonds is 3. The van der Waals surface area contributed by atoms with E-state index in [1.807, 2.05) is 4.57 Å². The number of hydrogen-bond acceptors (Lipinski definition) is 2. The monoisotopic (exact) mass is 296 g/mol. The molecule has 1 atom stereocenters. The highest BCUT2D eigenvalue weighted by atomic mass is 35.5. The number of hydrogen-bond donors (Lipinski definition) is 1. The molecular formula is C14H17ClN2O3. The zero-order chi connectivity index (χ0) is 14.3. The number of likely N-dealkylation sites (tertiary alicyclic amines) is 1. The summed E-state index contributed by atoms with van der Waals surface area (Å²) in [6.45, 7) is 0.914. The minimum Gasteiger partial charge on any atom is -0.481 e. The molecule has 1 aromatic rings. The largest absolute Gasteiger partial charge is 0.481 e. The van der Waals surface area contributed by atoms with Gasteiger partial charge < -0.3 is 14.6 Å². The van der Waals surface area contributed by atoms with Gasteiger partial charge in [-0.2, -0.15) is 0 Å². The first-order valence-corrected chi connectivity index (χ1v) is 7.33. The van der Waals surface area contributed by atoms with Crippen LogP contribution in [0.2, 0.25) is 5.02 Å². The second kappa shape index (κ2) is 5.13. The zero-order valence-electron chi connectivity index (χ0n) is 11.1. The summed E-state index contributed by atoms with van der Waals surface area (Å²) in [6, 6.07) is 2.06. The minimum atomic E-state index is -0.821. The molecular weight excluding hydrogens is 280 g/mol. The fourth-order valence-electron chi connectivity index (χ4n) is 2.80. The van der Waals surface area contributed by atoms with Gasteiger partial charge in [0.25, 0.3) is 5.91 Å². The number of carboxylic acid groups (broad SMARTS) is 1. The van der Waals surface area contributed by atoms with E-state index in [2.05, 4.69) is 0 Å². The maximum atomic E-state index is 12.6. The van der Waals surface area contributed by atoms with Gasteiger partial charge in [-0.25, -0.2) is 0 Å². The molecule has 6 heteroatoms. The lowest BCUT2D eigenvalue weighted by molar-refractivity contribution is -0.143. The van der Waals surface area contributed by atoms with Crippen LogP contribution in [0.25, 0.3) is 0 Å². The third-order valence-electron chi connectivity index (χ3n) is 4.03. The van der Waals surface area contributed by atoms with Crippen LogP contribution in [0, 0.1) is 5.92 Å². The van der Waals surface area contributed by atoms with Crippen molar-refractivity contribution in [1.82, 2.24) is 9.47 Å². The van der Waals surface area contributed by atoms with Crippen LogP contribution in [0.1, 0.15) is 42.2 Å². The molecule has 0 unspecified atom stereocenters. The first-order valence-electron chi connectivity index (χ1n) is 6.95. The van der Waals surface area contributed by atoms with Crippen LogP contribution in [-0.2, 0) is 4.79 Å². The van der Waals surface area contributed by atoms with Crippen LogP contribution < -0.4 is 0 Å². The van der Waals surface area contributed by atoms with Gasteiger partial charge in [0.2, 0.25) is 0 Å². The summed E-state index contributed by atoms with van der Waals surface area (Å²) in [5.41, 5.74) is 0.587. The van der Waals surface area contributed by atoms with Crippen molar-refractivity contribution >= 4 is 23.5 Å². The topological polar surface area (TPSA) is 62.5 Å². The smallest absolute Gasteiger partial charge is 0.308 e. The van der Waals surface area contributed by atoms with Crippen molar-refractivity contribution in [2.45, 2.75) is 31.7 Å². The average Bonchev–Trinajstić information content (AvgIpc) is 3.21. The quantitative estimate of drug-likeness (QED) is 0.931. The molecule has 108 valence electrons. The summed E-state index contributed by atoms with van der Waals surface area (Å²) in [4.78, 5) is 25.3. The summed E-state index contributed by atoms with van der Waals surface area (Å²) in [5.74, 6) is -1.37. The predicted molar refractivity (Wildman–Crippen MR) is 74.0 cm³/mol. The maximum absolute atomic E-state index is 12.6. The Balaban J connectivity index is 1.80. The van der Waals surface area contributed by atoms with Crippen molar-refractivity contribution in [3.8, 4) is 0 Å². The Kier molecular flexibility index (Phi) is 3.46. The molecule has 1 N–H and O–H groups in total. The molecule has 1 amide bonds. The standard InChI is InChI=1S/C14H17ClN2O3/c15-10-6-12(17(8-10)11-3-4-11)13(18)16-5-1-2-9(7-16)14(19)20/h6,8-9,11H,1-5,7H2,(H,19,20)/t9-/m1/s1. The molecule has 3 rings (SSSR count). The Hall–Kier alpha value is -1.49. The van der Waals surface area contributed by atoms with E-state index < -0.39 is 11.9 Å². The van der Waals surface area contributed by atoms with E-state index in [0.29, 0.717) is 36.3 Å². The SMILES string of the molecule is O=C(O)[C@@H]1CCCN(C(=O)c2cc(Cl)cn2C2CC2)C1. The lowest BCUT2D eigenvalue weighted by atomic mass is 9.98. The van der Waals surface area contributed by atoms with E-state index in [1.165, 1.54) is 0 Å². The summed E-state index contributed by atoms with van der Waals surface area (Å²) in [5, 5.41) is 9.66. The van der Waals surface area contributed by atoms with Gasteiger partial charge in [-0.15, -0.1) is 0 Å². The number of carboxylic acids is 1. The van der Waals surface area contributed by atoms with Crippen molar-refractivity contribution < 1.29 is 14.7 Å². The van der Waals surface area contributed by atoms with E-state index >= 15 is 0 Å². The number of carbonyl (C=O) groups is 2. The maximum Gasteiger partial charge on any atom is 0.308 e. The van der Waals surface area contributed by atoms with E-state index in [1.54, 1.807) is 17.2 Å². The molecule has 5 nitrogen and oxygen atoms in total. The Morgan fingerprint density at radius 3 is 2.70 bits per heavy atom. The van der Waals surface area contributed by atoms with Gasteiger partial charge in [0, 0.05) is 25.3 Å². The molecule has 2 aliphatic rings. The lowest BCUT2D eigenvalue weighted by Crippen LogP contribution is -2.42. The highest BCUT2D eigenvalue weighted by molar-refractivity contribution is 6.31. The van der Waals surface area contributed by atoms with Crippen LogP contribution >= 0.6 is 11.6 Å². The van der Waals surface area contributed by atoms with E-state index in [9.17, 15) is 9.59 Å². The van der Waals surface area contributed by atoms with Crippen LogP contribution in [-0.4, -0.2) is 39.5 Å². The minimum absolute atomic E-state index is 0.102. The van der Waals surface area contributed by atoms with Crippen molar-refractivity contribution in [1.29, 1.82) is 0 Å². The van der Waals surface area contributed by atoms with Gasteiger partial charge in [0.05, 0.1) is 10.9 Å². The van der Waals surface area contributed by atoms with Crippen LogP contribution in [0.15, 0.2) is 12.3 Å². The molecule has 20 heavy (non-hydrogen) atoms. The van der Waals surface area contributed by atoms with E-state index in [4.69, 9.17) is 16.7 Å².